The van der Waals surface area contributed by atoms with Crippen molar-refractivity contribution >= 4 is 11.3 Å². The van der Waals surface area contributed by atoms with Crippen LogP contribution in [0.2, 0.25) is 0 Å². The second kappa shape index (κ2) is 5.07. The highest BCUT2D eigenvalue weighted by molar-refractivity contribution is 7.11. The summed E-state index contributed by atoms with van der Waals surface area (Å²) >= 11 is 1.83. The fourth-order valence-corrected chi connectivity index (χ4v) is 3.71. The number of aryl methyl sites for hydroxylation is 2. The number of thiazole rings is 1. The van der Waals surface area contributed by atoms with Gasteiger partial charge in [-0.3, -0.25) is 0 Å². The Bertz CT molecular complexity index is 382. The number of nitrogens with one attached hydrogen (secondary N) is 1. The maximum atomic E-state index is 4.49. The van der Waals surface area contributed by atoms with Crippen LogP contribution < -0.4 is 5.32 Å². The average molecular weight is 252 g/mol. The van der Waals surface area contributed by atoms with E-state index in [1.165, 1.54) is 41.3 Å². The van der Waals surface area contributed by atoms with E-state index in [0.717, 1.165) is 6.54 Å². The minimum Gasteiger partial charge on any atom is -0.309 e. The topological polar surface area (TPSA) is 24.9 Å². The molecule has 2 rings (SSSR count). The molecule has 1 fully saturated rings. The van der Waals surface area contributed by atoms with Crippen LogP contribution in [0, 0.1) is 19.3 Å². The minimum atomic E-state index is 0.450. The molecule has 0 bridgehead atoms. The van der Waals surface area contributed by atoms with E-state index in [1.54, 1.807) is 0 Å². The van der Waals surface area contributed by atoms with Gasteiger partial charge in [-0.2, -0.15) is 0 Å². The monoisotopic (exact) mass is 252 g/mol. The lowest BCUT2D eigenvalue weighted by Gasteiger charge is -2.39. The van der Waals surface area contributed by atoms with Gasteiger partial charge in [0.05, 0.1) is 10.7 Å². The van der Waals surface area contributed by atoms with Crippen LogP contribution in [0.5, 0.6) is 0 Å². The van der Waals surface area contributed by atoms with E-state index in [2.05, 4.69) is 38.0 Å². The lowest BCUT2D eigenvalue weighted by molar-refractivity contribution is 0.167. The van der Waals surface area contributed by atoms with E-state index in [4.69, 9.17) is 0 Å². The molecular formula is C14H24N2S. The maximum absolute atomic E-state index is 4.49. The number of hydrogen-bond donors (Lipinski definition) is 1. The third-order valence-corrected chi connectivity index (χ3v) is 5.09. The second-order valence-electron chi connectivity index (χ2n) is 5.91. The Morgan fingerprint density at radius 1 is 1.35 bits per heavy atom. The normalized spacial score (nSPS) is 23.9. The van der Waals surface area contributed by atoms with Gasteiger partial charge in [-0.05, 0) is 32.1 Å². The first-order valence-electron chi connectivity index (χ1n) is 6.65. The first-order chi connectivity index (χ1) is 7.99. The average Bonchev–Trinajstić information content (AvgIpc) is 2.55. The summed E-state index contributed by atoms with van der Waals surface area (Å²) in [6.45, 7) is 9.99. The van der Waals surface area contributed by atoms with E-state index >= 15 is 0 Å². The van der Waals surface area contributed by atoms with Crippen molar-refractivity contribution in [1.29, 1.82) is 0 Å². The van der Waals surface area contributed by atoms with Gasteiger partial charge in [0.2, 0.25) is 0 Å². The Kier molecular flexibility index (Phi) is 3.88. The lowest BCUT2D eigenvalue weighted by Crippen LogP contribution is -2.43. The van der Waals surface area contributed by atoms with Gasteiger partial charge in [0.1, 0.15) is 0 Å². The first kappa shape index (κ1) is 13.0. The quantitative estimate of drug-likeness (QED) is 0.884. The standard InChI is InChI=1S/C14H24N2S/c1-10-12(17-11(2)16-10)9-15-13-7-5-6-8-14(13,3)4/h13,15H,5-9H2,1-4H3. The number of hydrogen-bond acceptors (Lipinski definition) is 3. The van der Waals surface area contributed by atoms with E-state index in [1.807, 2.05) is 11.3 Å². The highest BCUT2D eigenvalue weighted by atomic mass is 32.1. The molecule has 1 unspecified atom stereocenters. The number of nitrogens with zero attached hydrogens (tertiary/aromatic N) is 1. The summed E-state index contributed by atoms with van der Waals surface area (Å²) in [5, 5.41) is 4.94. The van der Waals surface area contributed by atoms with Crippen molar-refractivity contribution in [2.45, 2.75) is 66.0 Å². The SMILES string of the molecule is Cc1nc(C)c(CNC2CCCCC2(C)C)s1. The van der Waals surface area contributed by atoms with Gasteiger partial charge in [-0.25, -0.2) is 4.98 Å². The van der Waals surface area contributed by atoms with Crippen LogP contribution in [0.3, 0.4) is 0 Å². The summed E-state index contributed by atoms with van der Waals surface area (Å²) < 4.78 is 0. The van der Waals surface area contributed by atoms with Gasteiger partial charge >= 0.3 is 0 Å². The van der Waals surface area contributed by atoms with E-state index in [0.29, 0.717) is 11.5 Å². The minimum absolute atomic E-state index is 0.450. The molecule has 1 aliphatic carbocycles. The third-order valence-electron chi connectivity index (χ3n) is 4.02. The van der Waals surface area contributed by atoms with Crippen LogP contribution in [0.15, 0.2) is 0 Å². The Morgan fingerprint density at radius 2 is 2.12 bits per heavy atom. The third kappa shape index (κ3) is 3.08. The molecule has 1 aromatic heterocycles. The summed E-state index contributed by atoms with van der Waals surface area (Å²) in [5.41, 5.74) is 1.65. The van der Waals surface area contributed by atoms with Crippen LogP contribution in [0.1, 0.15) is 55.1 Å². The Hall–Kier alpha value is -0.410. The number of rotatable bonds is 3. The van der Waals surface area contributed by atoms with Gasteiger partial charge in [-0.1, -0.05) is 26.7 Å². The Morgan fingerprint density at radius 3 is 2.71 bits per heavy atom. The fraction of sp³-hybridized carbons (Fsp3) is 0.786. The van der Waals surface area contributed by atoms with Gasteiger partial charge in [0.15, 0.2) is 0 Å². The van der Waals surface area contributed by atoms with Gasteiger partial charge in [0, 0.05) is 17.5 Å². The van der Waals surface area contributed by atoms with Crippen molar-refractivity contribution in [3.05, 3.63) is 15.6 Å². The number of aromatic nitrogens is 1. The molecule has 1 aliphatic rings. The van der Waals surface area contributed by atoms with Crippen LogP contribution in [-0.2, 0) is 6.54 Å². The van der Waals surface area contributed by atoms with Crippen molar-refractivity contribution in [1.82, 2.24) is 10.3 Å². The van der Waals surface area contributed by atoms with Crippen LogP contribution in [0.25, 0.3) is 0 Å². The van der Waals surface area contributed by atoms with Crippen LogP contribution in [0.4, 0.5) is 0 Å². The van der Waals surface area contributed by atoms with Crippen molar-refractivity contribution in [2.75, 3.05) is 0 Å². The molecular weight excluding hydrogens is 228 g/mol. The molecule has 0 amide bonds. The molecule has 1 atom stereocenters. The van der Waals surface area contributed by atoms with Gasteiger partial charge < -0.3 is 5.32 Å². The predicted octanol–water partition coefficient (Wildman–Crippen LogP) is 3.82. The van der Waals surface area contributed by atoms with Crippen molar-refractivity contribution in [2.24, 2.45) is 5.41 Å². The molecule has 1 saturated carbocycles. The highest BCUT2D eigenvalue weighted by Gasteiger charge is 2.31. The molecule has 1 N–H and O–H groups in total. The van der Waals surface area contributed by atoms with Gasteiger partial charge in [-0.15, -0.1) is 11.3 Å². The fourth-order valence-electron chi connectivity index (χ4n) is 2.83. The van der Waals surface area contributed by atoms with Crippen molar-refractivity contribution in [3.63, 3.8) is 0 Å². The molecule has 2 nitrogen and oxygen atoms in total. The Balaban J connectivity index is 1.95. The summed E-state index contributed by atoms with van der Waals surface area (Å²) in [7, 11) is 0. The predicted molar refractivity (Wildman–Crippen MR) is 74.5 cm³/mol. The summed E-state index contributed by atoms with van der Waals surface area (Å²) in [5.74, 6) is 0. The van der Waals surface area contributed by atoms with Crippen LogP contribution in [-0.4, -0.2) is 11.0 Å². The van der Waals surface area contributed by atoms with E-state index < -0.39 is 0 Å². The van der Waals surface area contributed by atoms with Crippen LogP contribution >= 0.6 is 11.3 Å². The molecule has 1 aromatic rings. The van der Waals surface area contributed by atoms with E-state index in [9.17, 15) is 0 Å². The molecule has 0 radical (unpaired) electrons. The molecule has 0 aromatic carbocycles. The van der Waals surface area contributed by atoms with Gasteiger partial charge in [0.25, 0.3) is 0 Å². The highest BCUT2D eigenvalue weighted by Crippen LogP contribution is 2.35. The molecule has 3 heteroatoms. The molecule has 17 heavy (non-hydrogen) atoms. The molecule has 96 valence electrons. The molecule has 1 heterocycles. The van der Waals surface area contributed by atoms with Crippen molar-refractivity contribution in [3.8, 4) is 0 Å². The zero-order valence-electron chi connectivity index (χ0n) is 11.5. The summed E-state index contributed by atoms with van der Waals surface area (Å²) in [4.78, 5) is 5.90. The smallest absolute Gasteiger partial charge is 0.0900 e. The molecule has 0 saturated heterocycles. The zero-order valence-corrected chi connectivity index (χ0v) is 12.3. The molecule has 0 aliphatic heterocycles. The summed E-state index contributed by atoms with van der Waals surface area (Å²) in [6, 6.07) is 0.665. The maximum Gasteiger partial charge on any atom is 0.0900 e. The molecule has 0 spiro atoms. The largest absolute Gasteiger partial charge is 0.309 e. The summed E-state index contributed by atoms with van der Waals surface area (Å²) in [6.07, 6.45) is 5.45. The second-order valence-corrected chi connectivity index (χ2v) is 7.20. The lowest BCUT2D eigenvalue weighted by atomic mass is 9.73. The zero-order chi connectivity index (χ0) is 12.5. The van der Waals surface area contributed by atoms with Crippen molar-refractivity contribution < 1.29 is 0 Å². The first-order valence-corrected chi connectivity index (χ1v) is 7.47. The van der Waals surface area contributed by atoms with E-state index in [-0.39, 0.29) is 0 Å². The Labute approximate surface area is 109 Å².